The molecule has 0 spiro atoms. The second kappa shape index (κ2) is 12.0. The summed E-state index contributed by atoms with van der Waals surface area (Å²) in [6, 6.07) is 9.33. The zero-order chi connectivity index (χ0) is 25.5. The Labute approximate surface area is 205 Å². The molecule has 3 N–H and O–H groups in total. The van der Waals surface area contributed by atoms with Gasteiger partial charge in [0.05, 0.1) is 17.0 Å². The summed E-state index contributed by atoms with van der Waals surface area (Å²) in [4.78, 5) is 48.3. The summed E-state index contributed by atoms with van der Waals surface area (Å²) in [5, 5.41) is 27.2. The quantitative estimate of drug-likeness (QED) is 0.424. The molecule has 1 aromatic heterocycles. The number of Topliss-reactive ketones (excluding diaryl/α,β-unsaturated/α-hetero) is 1. The fourth-order valence-electron chi connectivity index (χ4n) is 4.36. The number of ketones is 1. The third kappa shape index (κ3) is 6.93. The maximum absolute atomic E-state index is 13.1. The van der Waals surface area contributed by atoms with Gasteiger partial charge in [-0.25, -0.2) is 14.0 Å². The van der Waals surface area contributed by atoms with Gasteiger partial charge in [-0.3, -0.25) is 14.5 Å². The molecular formula is C24H27FN2O7S. The molecule has 4 rings (SSSR count). The molecule has 2 atom stereocenters. The molecule has 2 saturated heterocycles. The Bertz CT molecular complexity index is 1020. The van der Waals surface area contributed by atoms with Crippen LogP contribution in [0, 0.1) is 11.7 Å². The summed E-state index contributed by atoms with van der Waals surface area (Å²) < 4.78 is 13.1. The van der Waals surface area contributed by atoms with E-state index in [4.69, 9.17) is 19.8 Å². The number of aliphatic carboxylic acids is 2. The second-order valence-electron chi connectivity index (χ2n) is 8.44. The first kappa shape index (κ1) is 26.5. The van der Waals surface area contributed by atoms with Gasteiger partial charge in [0.15, 0.2) is 5.78 Å². The monoisotopic (exact) mass is 506 g/mol. The largest absolute Gasteiger partial charge is 0.473 e. The molecule has 0 bridgehead atoms. The third-order valence-electron chi connectivity index (χ3n) is 6.25. The molecular weight excluding hydrogens is 479 g/mol. The van der Waals surface area contributed by atoms with Gasteiger partial charge in [-0.15, -0.1) is 11.3 Å². The molecule has 188 valence electrons. The van der Waals surface area contributed by atoms with Crippen molar-refractivity contribution in [2.45, 2.75) is 31.4 Å². The zero-order valence-corrected chi connectivity index (χ0v) is 19.7. The minimum Gasteiger partial charge on any atom is -0.473 e. The number of halogens is 1. The molecule has 0 aliphatic carbocycles. The minimum absolute atomic E-state index is 0.0262. The lowest BCUT2D eigenvalue weighted by molar-refractivity contribution is -0.159. The van der Waals surface area contributed by atoms with E-state index in [1.165, 1.54) is 23.5 Å². The number of benzene rings is 1. The van der Waals surface area contributed by atoms with E-state index in [2.05, 4.69) is 4.90 Å². The normalized spacial score (nSPS) is 21.0. The number of carbonyl (C=O) groups is 4. The second-order valence-corrected chi connectivity index (χ2v) is 9.39. The Hall–Kier alpha value is -3.15. The van der Waals surface area contributed by atoms with Crippen LogP contribution in [0.3, 0.4) is 0 Å². The lowest BCUT2D eigenvalue weighted by Gasteiger charge is -2.44. The van der Waals surface area contributed by atoms with E-state index < -0.39 is 18.0 Å². The molecule has 2 aliphatic rings. The number of carbonyl (C=O) groups excluding carboxylic acids is 2. The number of rotatable bonds is 4. The van der Waals surface area contributed by atoms with Gasteiger partial charge in [0, 0.05) is 24.6 Å². The highest BCUT2D eigenvalue weighted by Gasteiger charge is 2.37. The van der Waals surface area contributed by atoms with E-state index in [0.29, 0.717) is 51.0 Å². The number of likely N-dealkylation sites (tertiary alicyclic amines) is 2. The molecule has 11 heteroatoms. The van der Waals surface area contributed by atoms with Crippen LogP contribution < -0.4 is 0 Å². The van der Waals surface area contributed by atoms with E-state index in [9.17, 15) is 19.1 Å². The van der Waals surface area contributed by atoms with Gasteiger partial charge in [0.2, 0.25) is 0 Å². The van der Waals surface area contributed by atoms with Crippen molar-refractivity contribution < 1.29 is 38.9 Å². The molecule has 1 aromatic carbocycles. The van der Waals surface area contributed by atoms with E-state index >= 15 is 0 Å². The number of aliphatic hydroxyl groups is 1. The van der Waals surface area contributed by atoms with Crippen LogP contribution in [0.4, 0.5) is 4.39 Å². The smallest absolute Gasteiger partial charge is 0.414 e. The van der Waals surface area contributed by atoms with Crippen LogP contribution in [-0.4, -0.2) is 87.1 Å². The first-order valence-corrected chi connectivity index (χ1v) is 12.1. The Morgan fingerprint density at radius 2 is 1.54 bits per heavy atom. The molecule has 35 heavy (non-hydrogen) atoms. The third-order valence-corrected chi connectivity index (χ3v) is 7.10. The topological polar surface area (TPSA) is 135 Å². The van der Waals surface area contributed by atoms with E-state index in [1.807, 2.05) is 22.4 Å². The van der Waals surface area contributed by atoms with Crippen molar-refractivity contribution in [2.75, 3.05) is 26.2 Å². The molecule has 2 aromatic rings. The Morgan fingerprint density at radius 1 is 0.914 bits per heavy atom. The van der Waals surface area contributed by atoms with Crippen molar-refractivity contribution in [2.24, 2.45) is 5.92 Å². The van der Waals surface area contributed by atoms with Crippen LogP contribution in [0.1, 0.15) is 39.3 Å². The van der Waals surface area contributed by atoms with Gasteiger partial charge in [-0.2, -0.15) is 0 Å². The van der Waals surface area contributed by atoms with Crippen molar-refractivity contribution in [1.29, 1.82) is 0 Å². The summed E-state index contributed by atoms with van der Waals surface area (Å²) in [6.45, 7) is 2.49. The molecule has 0 saturated carbocycles. The van der Waals surface area contributed by atoms with Gasteiger partial charge in [0.25, 0.3) is 5.91 Å². The van der Waals surface area contributed by atoms with Crippen LogP contribution in [0.25, 0.3) is 0 Å². The summed E-state index contributed by atoms with van der Waals surface area (Å²) in [5.74, 6) is -3.99. The van der Waals surface area contributed by atoms with E-state index in [-0.39, 0.29) is 29.5 Å². The van der Waals surface area contributed by atoms with Gasteiger partial charge < -0.3 is 20.2 Å². The number of carboxylic acids is 2. The fraction of sp³-hybridized carbons (Fsp3) is 0.417. The van der Waals surface area contributed by atoms with Gasteiger partial charge in [-0.1, -0.05) is 6.07 Å². The van der Waals surface area contributed by atoms with E-state index in [0.717, 1.165) is 4.88 Å². The average Bonchev–Trinajstić information content (AvgIpc) is 3.39. The maximum atomic E-state index is 13.1. The van der Waals surface area contributed by atoms with Gasteiger partial charge in [0.1, 0.15) is 5.82 Å². The Kier molecular flexibility index (Phi) is 9.07. The van der Waals surface area contributed by atoms with Crippen LogP contribution >= 0.6 is 11.3 Å². The number of nitrogens with zero attached hydrogens (tertiary/aromatic N) is 2. The summed E-state index contributed by atoms with van der Waals surface area (Å²) in [7, 11) is 0. The highest BCUT2D eigenvalue weighted by molar-refractivity contribution is 7.12. The highest BCUT2D eigenvalue weighted by atomic mass is 32.1. The maximum Gasteiger partial charge on any atom is 0.414 e. The summed E-state index contributed by atoms with van der Waals surface area (Å²) >= 11 is 1.44. The van der Waals surface area contributed by atoms with E-state index in [1.54, 1.807) is 12.1 Å². The van der Waals surface area contributed by atoms with Crippen molar-refractivity contribution in [3.63, 3.8) is 0 Å². The number of hydrogen-bond acceptors (Lipinski definition) is 7. The van der Waals surface area contributed by atoms with Crippen molar-refractivity contribution in [3.05, 3.63) is 58.0 Å². The Morgan fingerprint density at radius 3 is 2.09 bits per heavy atom. The Balaban J connectivity index is 0.000000509. The van der Waals surface area contributed by atoms with Gasteiger partial charge in [-0.05, 0) is 68.1 Å². The van der Waals surface area contributed by atoms with Crippen LogP contribution in [0.15, 0.2) is 41.8 Å². The van der Waals surface area contributed by atoms with Gasteiger partial charge >= 0.3 is 11.9 Å². The van der Waals surface area contributed by atoms with Crippen molar-refractivity contribution >= 4 is 35.0 Å². The zero-order valence-electron chi connectivity index (χ0n) is 18.9. The number of hydrogen-bond donors (Lipinski definition) is 3. The molecule has 0 radical (unpaired) electrons. The lowest BCUT2D eigenvalue weighted by atomic mass is 9.87. The number of amides is 1. The number of aliphatic hydroxyl groups excluding tert-OH is 1. The summed E-state index contributed by atoms with van der Waals surface area (Å²) in [6.07, 6.45) is 1.51. The van der Waals surface area contributed by atoms with Crippen molar-refractivity contribution in [1.82, 2.24) is 9.80 Å². The number of thiophene rings is 1. The fourth-order valence-corrected chi connectivity index (χ4v) is 5.05. The van der Waals surface area contributed by atoms with Crippen LogP contribution in [0.5, 0.6) is 0 Å². The average molecular weight is 507 g/mol. The standard InChI is InChI=1S/C22H25FN2O3S.C2H2O4/c23-17-5-3-15(4-6-17)21(27)16-7-10-24(11-8-16)18-14-25(12-9-19(18)26)22(28)20-2-1-13-29-20;3-1(4)2(5)6/h1-6,13,16,18-19,26H,7-12,14H2;(H,3,4)(H,5,6)/t18-,19-;/m1./s1. The highest BCUT2D eigenvalue weighted by Crippen LogP contribution is 2.27. The molecule has 3 heterocycles. The molecule has 1 amide bonds. The molecule has 0 unspecified atom stereocenters. The first-order chi connectivity index (χ1) is 16.7. The molecule has 9 nitrogen and oxygen atoms in total. The number of piperidine rings is 2. The minimum atomic E-state index is -1.82. The van der Waals surface area contributed by atoms with Crippen LogP contribution in [0.2, 0.25) is 0 Å². The predicted octanol–water partition coefficient (Wildman–Crippen LogP) is 2.21. The SMILES string of the molecule is O=C(O)C(=O)O.O=C(c1ccc(F)cc1)C1CCN([C@@H]2CN(C(=O)c3cccs3)CC[C@H]2O)CC1. The predicted molar refractivity (Wildman–Crippen MR) is 125 cm³/mol. The summed E-state index contributed by atoms with van der Waals surface area (Å²) in [5.41, 5.74) is 0.551. The first-order valence-electron chi connectivity index (χ1n) is 11.2. The molecule has 2 fully saturated rings. The van der Waals surface area contributed by atoms with Crippen LogP contribution in [-0.2, 0) is 9.59 Å². The lowest BCUT2D eigenvalue weighted by Crippen LogP contribution is -2.58. The number of carboxylic acid groups (broad SMARTS) is 2. The molecule has 2 aliphatic heterocycles. The van der Waals surface area contributed by atoms with Crippen molar-refractivity contribution in [3.8, 4) is 0 Å².